The summed E-state index contributed by atoms with van der Waals surface area (Å²) in [6, 6.07) is 0.0239. The van der Waals surface area contributed by atoms with Gasteiger partial charge < -0.3 is 20.1 Å². The molecule has 2 fully saturated rings. The number of carbonyl (C=O) groups excluding carboxylic acids is 1. The lowest BCUT2D eigenvalue weighted by molar-refractivity contribution is -0.0555. The van der Waals surface area contributed by atoms with Gasteiger partial charge >= 0.3 is 6.03 Å². The van der Waals surface area contributed by atoms with E-state index in [0.717, 1.165) is 32.5 Å². The summed E-state index contributed by atoms with van der Waals surface area (Å²) in [4.78, 5) is 14.1. The summed E-state index contributed by atoms with van der Waals surface area (Å²) in [6.07, 6.45) is 8.34. The third kappa shape index (κ3) is 4.35. The van der Waals surface area contributed by atoms with Crippen LogP contribution in [-0.4, -0.2) is 55.5 Å². The molecule has 2 aliphatic heterocycles. The van der Waals surface area contributed by atoms with E-state index in [9.17, 15) is 9.90 Å². The lowest BCUT2D eigenvalue weighted by atomic mass is 9.76. The first kappa shape index (κ1) is 17.5. The molecule has 5 heteroatoms. The lowest BCUT2D eigenvalue weighted by Gasteiger charge is -2.36. The van der Waals surface area contributed by atoms with E-state index in [0.29, 0.717) is 19.1 Å². The van der Waals surface area contributed by atoms with E-state index in [1.54, 1.807) is 0 Å². The van der Waals surface area contributed by atoms with Crippen molar-refractivity contribution in [3.63, 3.8) is 0 Å². The monoisotopic (exact) mass is 312 g/mol. The van der Waals surface area contributed by atoms with Crippen molar-refractivity contribution in [3.05, 3.63) is 0 Å². The Morgan fingerprint density at radius 1 is 1.32 bits per heavy atom. The first-order chi connectivity index (χ1) is 10.7. The van der Waals surface area contributed by atoms with Crippen LogP contribution in [0.1, 0.15) is 51.9 Å². The standard InChI is InChI=1S/C17H32N2O3/c1-2-3-4-5-6-7-9-18-16(21)19-11-15-8-10-22-14-17(15,12-19)13-20/h15,20H,2-14H2,1H3,(H,18,21)/t15-,17+/m0/s1. The van der Waals surface area contributed by atoms with E-state index < -0.39 is 0 Å². The number of ether oxygens (including phenoxy) is 1. The van der Waals surface area contributed by atoms with Gasteiger partial charge in [-0.05, 0) is 18.8 Å². The fraction of sp³-hybridized carbons (Fsp3) is 0.941. The van der Waals surface area contributed by atoms with Crippen molar-refractivity contribution in [2.24, 2.45) is 11.3 Å². The zero-order valence-corrected chi connectivity index (χ0v) is 14.0. The molecule has 0 aromatic heterocycles. The molecule has 0 aromatic carbocycles. The summed E-state index contributed by atoms with van der Waals surface area (Å²) < 4.78 is 5.53. The maximum Gasteiger partial charge on any atom is 0.317 e. The van der Waals surface area contributed by atoms with Crippen molar-refractivity contribution in [1.29, 1.82) is 0 Å². The molecule has 0 bridgehead atoms. The zero-order chi connectivity index (χ0) is 15.8. The molecule has 0 aromatic rings. The van der Waals surface area contributed by atoms with E-state index in [4.69, 9.17) is 4.74 Å². The molecule has 2 N–H and O–H groups in total. The van der Waals surface area contributed by atoms with Crippen molar-refractivity contribution in [3.8, 4) is 0 Å². The fourth-order valence-corrected chi connectivity index (χ4v) is 3.69. The maximum absolute atomic E-state index is 12.3. The Bertz CT molecular complexity index is 351. The number of nitrogens with one attached hydrogen (secondary N) is 1. The highest BCUT2D eigenvalue weighted by molar-refractivity contribution is 5.74. The Balaban J connectivity index is 1.66. The third-order valence-corrected chi connectivity index (χ3v) is 5.22. The summed E-state index contributed by atoms with van der Waals surface area (Å²) in [5, 5.41) is 12.8. The fourth-order valence-electron chi connectivity index (χ4n) is 3.69. The number of nitrogens with zero attached hydrogens (tertiary/aromatic N) is 1. The highest BCUT2D eigenvalue weighted by Gasteiger charge is 2.49. The first-order valence-corrected chi connectivity index (χ1v) is 8.93. The number of likely N-dealkylation sites (tertiary alicyclic amines) is 1. The minimum Gasteiger partial charge on any atom is -0.396 e. The minimum absolute atomic E-state index is 0.0239. The Morgan fingerprint density at radius 3 is 2.82 bits per heavy atom. The van der Waals surface area contributed by atoms with E-state index in [1.165, 1.54) is 32.1 Å². The Kier molecular flexibility index (Phi) is 6.96. The van der Waals surface area contributed by atoms with Gasteiger partial charge in [0.2, 0.25) is 0 Å². The Hall–Kier alpha value is -0.810. The molecule has 0 saturated carbocycles. The second-order valence-electron chi connectivity index (χ2n) is 6.94. The number of aliphatic hydroxyl groups excluding tert-OH is 1. The molecule has 5 nitrogen and oxygen atoms in total. The molecule has 128 valence electrons. The smallest absolute Gasteiger partial charge is 0.317 e. The predicted octanol–water partition coefficient (Wildman–Crippen LogP) is 2.39. The van der Waals surface area contributed by atoms with Gasteiger partial charge in [-0.2, -0.15) is 0 Å². The van der Waals surface area contributed by atoms with Crippen LogP contribution >= 0.6 is 0 Å². The van der Waals surface area contributed by atoms with Gasteiger partial charge in [0, 0.05) is 31.7 Å². The van der Waals surface area contributed by atoms with Crippen LogP contribution in [0.4, 0.5) is 4.79 Å². The highest BCUT2D eigenvalue weighted by Crippen LogP contribution is 2.40. The van der Waals surface area contributed by atoms with Crippen molar-refractivity contribution < 1.29 is 14.6 Å². The maximum atomic E-state index is 12.3. The highest BCUT2D eigenvalue weighted by atomic mass is 16.5. The van der Waals surface area contributed by atoms with Crippen LogP contribution in [0.5, 0.6) is 0 Å². The number of aliphatic hydroxyl groups is 1. The van der Waals surface area contributed by atoms with Crippen LogP contribution in [0.25, 0.3) is 0 Å². The molecule has 0 aliphatic carbocycles. The second-order valence-corrected chi connectivity index (χ2v) is 6.94. The van der Waals surface area contributed by atoms with Gasteiger partial charge in [0.25, 0.3) is 0 Å². The molecular formula is C17H32N2O3. The Labute approximate surface area is 134 Å². The number of hydrogen-bond acceptors (Lipinski definition) is 3. The number of rotatable bonds is 8. The van der Waals surface area contributed by atoms with Crippen LogP contribution in [0.3, 0.4) is 0 Å². The topological polar surface area (TPSA) is 61.8 Å². The third-order valence-electron chi connectivity index (χ3n) is 5.22. The molecular weight excluding hydrogens is 280 g/mol. The second kappa shape index (κ2) is 8.73. The first-order valence-electron chi connectivity index (χ1n) is 8.93. The van der Waals surface area contributed by atoms with Crippen LogP contribution in [-0.2, 0) is 4.74 Å². The van der Waals surface area contributed by atoms with Crippen LogP contribution in [0, 0.1) is 11.3 Å². The quantitative estimate of drug-likeness (QED) is 0.677. The average Bonchev–Trinajstić information content (AvgIpc) is 2.94. The Morgan fingerprint density at radius 2 is 2.09 bits per heavy atom. The van der Waals surface area contributed by atoms with Crippen molar-refractivity contribution in [2.45, 2.75) is 51.9 Å². The number of fused-ring (bicyclic) bond motifs is 1. The largest absolute Gasteiger partial charge is 0.396 e. The van der Waals surface area contributed by atoms with Gasteiger partial charge in [0.05, 0.1) is 13.2 Å². The lowest BCUT2D eigenvalue weighted by Crippen LogP contribution is -2.44. The van der Waals surface area contributed by atoms with E-state index >= 15 is 0 Å². The van der Waals surface area contributed by atoms with Crippen LogP contribution < -0.4 is 5.32 Å². The van der Waals surface area contributed by atoms with Gasteiger partial charge in [0.15, 0.2) is 0 Å². The minimum atomic E-state index is -0.226. The number of carbonyl (C=O) groups is 1. The molecule has 0 radical (unpaired) electrons. The van der Waals surface area contributed by atoms with E-state index in [2.05, 4.69) is 12.2 Å². The van der Waals surface area contributed by atoms with Gasteiger partial charge in [-0.3, -0.25) is 0 Å². The van der Waals surface area contributed by atoms with Gasteiger partial charge in [-0.15, -0.1) is 0 Å². The number of urea groups is 1. The zero-order valence-electron chi connectivity index (χ0n) is 14.0. The van der Waals surface area contributed by atoms with Gasteiger partial charge in [-0.25, -0.2) is 4.79 Å². The molecule has 2 heterocycles. The van der Waals surface area contributed by atoms with Gasteiger partial charge in [-0.1, -0.05) is 39.0 Å². The van der Waals surface area contributed by atoms with Crippen molar-refractivity contribution in [1.82, 2.24) is 10.2 Å². The summed E-state index contributed by atoms with van der Waals surface area (Å²) >= 11 is 0. The summed E-state index contributed by atoms with van der Waals surface area (Å²) in [5.41, 5.74) is -0.226. The number of hydrogen-bond donors (Lipinski definition) is 2. The van der Waals surface area contributed by atoms with Crippen molar-refractivity contribution >= 4 is 6.03 Å². The summed E-state index contributed by atoms with van der Waals surface area (Å²) in [6.45, 7) is 5.80. The molecule has 2 saturated heterocycles. The molecule has 2 rings (SSSR count). The average molecular weight is 312 g/mol. The number of amides is 2. The molecule has 2 aliphatic rings. The molecule has 2 amide bonds. The van der Waals surface area contributed by atoms with Gasteiger partial charge in [0.1, 0.15) is 0 Å². The van der Waals surface area contributed by atoms with Crippen LogP contribution in [0.15, 0.2) is 0 Å². The predicted molar refractivity (Wildman–Crippen MR) is 86.8 cm³/mol. The van der Waals surface area contributed by atoms with E-state index in [-0.39, 0.29) is 18.1 Å². The molecule has 0 spiro atoms. The van der Waals surface area contributed by atoms with E-state index in [1.807, 2.05) is 4.90 Å². The molecule has 2 atom stereocenters. The molecule has 22 heavy (non-hydrogen) atoms. The SMILES string of the molecule is CCCCCCCCNC(=O)N1C[C@@H]2CCOC[C@]2(CO)C1. The summed E-state index contributed by atoms with van der Waals surface area (Å²) in [5.74, 6) is 0.381. The van der Waals surface area contributed by atoms with Crippen molar-refractivity contribution in [2.75, 3.05) is 39.5 Å². The summed E-state index contributed by atoms with van der Waals surface area (Å²) in [7, 11) is 0. The normalized spacial score (nSPS) is 27.7. The number of unbranched alkanes of at least 4 members (excludes halogenated alkanes) is 5. The molecule has 0 unspecified atom stereocenters. The van der Waals surface area contributed by atoms with Crippen LogP contribution in [0.2, 0.25) is 0 Å².